The molecule has 1 N–H and O–H groups in total. The van der Waals surface area contributed by atoms with Crippen LogP contribution in [0.2, 0.25) is 0 Å². The number of para-hydroxylation sites is 1. The van der Waals surface area contributed by atoms with Gasteiger partial charge in [-0.25, -0.2) is 14.6 Å². The lowest BCUT2D eigenvalue weighted by Gasteiger charge is -2.11. The highest BCUT2D eigenvalue weighted by atomic mass is 16.5. The number of amides is 1. The van der Waals surface area contributed by atoms with Gasteiger partial charge in [-0.1, -0.05) is 48.5 Å². The molecule has 0 aliphatic carbocycles. The van der Waals surface area contributed by atoms with Gasteiger partial charge in [-0.05, 0) is 66.2 Å². The molecule has 0 spiro atoms. The van der Waals surface area contributed by atoms with Gasteiger partial charge in [0.15, 0.2) is 6.61 Å². The molecular formula is C33H26N2O6. The summed E-state index contributed by atoms with van der Waals surface area (Å²) in [7, 11) is 1.29. The molecule has 1 amide bonds. The van der Waals surface area contributed by atoms with E-state index in [1.165, 1.54) is 19.2 Å². The number of esters is 2. The first-order valence-electron chi connectivity index (χ1n) is 12.8. The molecule has 8 heteroatoms. The number of benzene rings is 4. The zero-order valence-corrected chi connectivity index (χ0v) is 22.2. The number of methoxy groups -OCH3 is 1. The van der Waals surface area contributed by atoms with E-state index in [1.54, 1.807) is 24.3 Å². The summed E-state index contributed by atoms with van der Waals surface area (Å²) in [6.07, 6.45) is 0. The molecule has 0 aliphatic rings. The number of pyridine rings is 1. The molecule has 5 aromatic rings. The number of carbonyl (C=O) groups is 3. The van der Waals surface area contributed by atoms with Gasteiger partial charge in [0.1, 0.15) is 12.4 Å². The summed E-state index contributed by atoms with van der Waals surface area (Å²) in [5, 5.41) is 3.25. The van der Waals surface area contributed by atoms with Gasteiger partial charge in [-0.15, -0.1) is 0 Å². The Morgan fingerprint density at radius 2 is 1.49 bits per heavy atom. The molecule has 0 aliphatic heterocycles. The summed E-state index contributed by atoms with van der Waals surface area (Å²) in [5.41, 5.74) is 4.17. The molecule has 1 aromatic heterocycles. The molecule has 1 heterocycles. The number of aromatic nitrogens is 1. The number of hydrogen-bond acceptors (Lipinski definition) is 7. The number of nitrogens with zero attached hydrogens (tertiary/aromatic N) is 1. The monoisotopic (exact) mass is 546 g/mol. The van der Waals surface area contributed by atoms with Crippen LogP contribution in [0.1, 0.15) is 26.3 Å². The summed E-state index contributed by atoms with van der Waals surface area (Å²) < 4.78 is 15.9. The van der Waals surface area contributed by atoms with E-state index in [4.69, 9.17) is 14.5 Å². The molecule has 0 fully saturated rings. The van der Waals surface area contributed by atoms with Gasteiger partial charge in [0, 0.05) is 16.6 Å². The third-order valence-corrected chi connectivity index (χ3v) is 6.26. The summed E-state index contributed by atoms with van der Waals surface area (Å²) in [6, 6.07) is 32.5. The standard InChI is InChI=1S/C33H26N2O6/c1-39-32(37)24-11-15-25(16-12-24)34-31(36)21-41-33(38)28-19-30(35-29-10-6-5-9-27(28)29)23-13-17-26(18-14-23)40-20-22-7-3-2-4-8-22/h2-19H,20-21H2,1H3,(H,34,36). The van der Waals surface area contributed by atoms with E-state index in [-0.39, 0.29) is 0 Å². The molecule has 204 valence electrons. The third-order valence-electron chi connectivity index (χ3n) is 6.26. The van der Waals surface area contributed by atoms with Crippen molar-refractivity contribution in [1.29, 1.82) is 0 Å². The summed E-state index contributed by atoms with van der Waals surface area (Å²) in [4.78, 5) is 41.9. The maximum atomic E-state index is 13.1. The highest BCUT2D eigenvalue weighted by Gasteiger charge is 2.17. The molecule has 0 atom stereocenters. The van der Waals surface area contributed by atoms with Crippen molar-refractivity contribution >= 4 is 34.4 Å². The normalized spacial score (nSPS) is 10.6. The molecule has 41 heavy (non-hydrogen) atoms. The van der Waals surface area contributed by atoms with Crippen LogP contribution in [0.25, 0.3) is 22.2 Å². The van der Waals surface area contributed by atoms with Gasteiger partial charge >= 0.3 is 11.9 Å². The topological polar surface area (TPSA) is 104 Å². The first-order chi connectivity index (χ1) is 20.0. The van der Waals surface area contributed by atoms with Crippen LogP contribution in [-0.4, -0.2) is 36.5 Å². The molecule has 0 saturated carbocycles. The maximum Gasteiger partial charge on any atom is 0.339 e. The van der Waals surface area contributed by atoms with Gasteiger partial charge in [0.2, 0.25) is 0 Å². The minimum absolute atomic E-state index is 0.297. The smallest absolute Gasteiger partial charge is 0.339 e. The van der Waals surface area contributed by atoms with Gasteiger partial charge < -0.3 is 19.5 Å². The van der Waals surface area contributed by atoms with E-state index >= 15 is 0 Å². The Kier molecular flexibility index (Phi) is 8.30. The first-order valence-corrected chi connectivity index (χ1v) is 12.8. The van der Waals surface area contributed by atoms with Gasteiger partial charge in [0.25, 0.3) is 5.91 Å². The number of fused-ring (bicyclic) bond motifs is 1. The molecule has 0 saturated heterocycles. The quantitative estimate of drug-likeness (QED) is 0.224. The van der Waals surface area contributed by atoms with Crippen LogP contribution >= 0.6 is 0 Å². The van der Waals surface area contributed by atoms with Crippen LogP contribution in [0.4, 0.5) is 5.69 Å². The van der Waals surface area contributed by atoms with Crippen molar-refractivity contribution in [2.24, 2.45) is 0 Å². The van der Waals surface area contributed by atoms with Gasteiger partial charge in [-0.3, -0.25) is 4.79 Å². The number of anilines is 1. The molecule has 0 unspecified atom stereocenters. The fourth-order valence-corrected chi connectivity index (χ4v) is 4.17. The van der Waals surface area contributed by atoms with Gasteiger partial charge in [-0.2, -0.15) is 0 Å². The van der Waals surface area contributed by atoms with E-state index in [9.17, 15) is 14.4 Å². The first kappa shape index (κ1) is 27.1. The van der Waals surface area contributed by atoms with Crippen molar-refractivity contribution in [2.75, 3.05) is 19.0 Å². The highest BCUT2D eigenvalue weighted by Crippen LogP contribution is 2.27. The fraction of sp³-hybridized carbons (Fsp3) is 0.0909. The Morgan fingerprint density at radius 3 is 2.22 bits per heavy atom. The highest BCUT2D eigenvalue weighted by molar-refractivity contribution is 6.05. The predicted molar refractivity (Wildman–Crippen MR) is 155 cm³/mol. The summed E-state index contributed by atoms with van der Waals surface area (Å²) in [5.74, 6) is -0.935. The van der Waals surface area contributed by atoms with Crippen molar-refractivity contribution < 1.29 is 28.6 Å². The lowest BCUT2D eigenvalue weighted by Crippen LogP contribution is -2.21. The Balaban J connectivity index is 1.27. The van der Waals surface area contributed by atoms with E-state index in [2.05, 4.69) is 10.1 Å². The molecule has 0 radical (unpaired) electrons. The van der Waals surface area contributed by atoms with Crippen LogP contribution in [0.5, 0.6) is 5.75 Å². The SMILES string of the molecule is COC(=O)c1ccc(NC(=O)COC(=O)c2cc(-c3ccc(OCc4ccccc4)cc3)nc3ccccc23)cc1. The molecule has 0 bridgehead atoms. The average Bonchev–Trinajstić information content (AvgIpc) is 3.03. The largest absolute Gasteiger partial charge is 0.489 e. The third kappa shape index (κ3) is 6.75. The minimum atomic E-state index is -0.649. The summed E-state index contributed by atoms with van der Waals surface area (Å²) in [6.45, 7) is -0.0339. The second-order valence-corrected chi connectivity index (χ2v) is 9.06. The zero-order valence-electron chi connectivity index (χ0n) is 22.2. The Labute approximate surface area is 236 Å². The van der Waals surface area contributed by atoms with Crippen molar-refractivity contribution in [2.45, 2.75) is 6.61 Å². The molecule has 5 rings (SSSR count). The number of carbonyl (C=O) groups excluding carboxylic acids is 3. The van der Waals surface area contributed by atoms with E-state index in [0.29, 0.717) is 45.8 Å². The molecular weight excluding hydrogens is 520 g/mol. The lowest BCUT2D eigenvalue weighted by molar-refractivity contribution is -0.119. The van der Waals surface area contributed by atoms with Crippen molar-refractivity contribution in [3.05, 3.63) is 126 Å². The Hall–Kier alpha value is -5.50. The second-order valence-electron chi connectivity index (χ2n) is 9.06. The molecule has 8 nitrogen and oxygen atoms in total. The fourth-order valence-electron chi connectivity index (χ4n) is 4.17. The van der Waals surface area contributed by atoms with E-state index in [1.807, 2.05) is 72.8 Å². The number of ether oxygens (including phenoxy) is 3. The van der Waals surface area contributed by atoms with Gasteiger partial charge in [0.05, 0.1) is 29.4 Å². The summed E-state index contributed by atoms with van der Waals surface area (Å²) >= 11 is 0. The second kappa shape index (κ2) is 12.6. The Morgan fingerprint density at radius 1 is 0.780 bits per heavy atom. The molecule has 4 aromatic carbocycles. The van der Waals surface area contributed by atoms with Crippen LogP contribution in [0, 0.1) is 0 Å². The number of nitrogens with one attached hydrogen (secondary N) is 1. The van der Waals surface area contributed by atoms with Crippen molar-refractivity contribution in [1.82, 2.24) is 4.98 Å². The zero-order chi connectivity index (χ0) is 28.6. The Bertz CT molecular complexity index is 1680. The number of rotatable bonds is 9. The van der Waals surface area contributed by atoms with E-state index in [0.717, 1.165) is 11.1 Å². The van der Waals surface area contributed by atoms with Crippen molar-refractivity contribution in [3.63, 3.8) is 0 Å². The van der Waals surface area contributed by atoms with E-state index < -0.39 is 24.5 Å². The van der Waals surface area contributed by atoms with Crippen molar-refractivity contribution in [3.8, 4) is 17.0 Å². The van der Waals surface area contributed by atoms with Crippen LogP contribution in [0.15, 0.2) is 109 Å². The average molecular weight is 547 g/mol. The minimum Gasteiger partial charge on any atom is -0.489 e. The van der Waals surface area contributed by atoms with Crippen LogP contribution < -0.4 is 10.1 Å². The maximum absolute atomic E-state index is 13.1. The van der Waals surface area contributed by atoms with Crippen LogP contribution in [0.3, 0.4) is 0 Å². The number of hydrogen-bond donors (Lipinski definition) is 1. The lowest BCUT2D eigenvalue weighted by atomic mass is 10.0. The van der Waals surface area contributed by atoms with Crippen LogP contribution in [-0.2, 0) is 20.9 Å². The predicted octanol–water partition coefficient (Wildman–Crippen LogP) is 6.06.